The van der Waals surface area contributed by atoms with E-state index in [1.54, 1.807) is 11.8 Å². The Morgan fingerprint density at radius 3 is 2.93 bits per heavy atom. The maximum absolute atomic E-state index is 12.9. The largest absolute Gasteiger partial charge is 0.383 e. The predicted octanol–water partition coefficient (Wildman–Crippen LogP) is 1.26. The molecular weight excluding hydrogens is 356 g/mol. The third kappa shape index (κ3) is 4.23. The number of aromatic nitrogens is 4. The number of methoxy groups -OCH3 is 1. The lowest BCUT2D eigenvalue weighted by molar-refractivity contribution is -0.137. The minimum atomic E-state index is 0.0688. The highest BCUT2D eigenvalue weighted by Crippen LogP contribution is 2.20. The summed E-state index contributed by atoms with van der Waals surface area (Å²) in [5.41, 5.74) is 2.78. The van der Waals surface area contributed by atoms with Gasteiger partial charge in [0.2, 0.25) is 5.91 Å². The zero-order chi connectivity index (χ0) is 19.3. The Hall–Kier alpha value is -2.32. The molecule has 4 rings (SSSR count). The van der Waals surface area contributed by atoms with Crippen LogP contribution in [0.1, 0.15) is 36.2 Å². The molecule has 1 atom stereocenters. The second kappa shape index (κ2) is 8.79. The number of likely N-dealkylation sites (tertiary alicyclic amines) is 1. The van der Waals surface area contributed by atoms with Gasteiger partial charge in [-0.15, -0.1) is 5.10 Å². The van der Waals surface area contributed by atoms with E-state index < -0.39 is 0 Å². The van der Waals surface area contributed by atoms with Crippen molar-refractivity contribution in [2.24, 2.45) is 0 Å². The number of tetrazole rings is 1. The van der Waals surface area contributed by atoms with Crippen molar-refractivity contribution in [1.29, 1.82) is 0 Å². The first-order valence-corrected chi connectivity index (χ1v) is 10.1. The number of carbonyl (C=O) groups excluding carboxylic acids is 1. The summed E-state index contributed by atoms with van der Waals surface area (Å²) in [6.45, 7) is 4.07. The highest BCUT2D eigenvalue weighted by atomic mass is 16.5. The van der Waals surface area contributed by atoms with Crippen molar-refractivity contribution in [3.63, 3.8) is 0 Å². The van der Waals surface area contributed by atoms with E-state index in [0.717, 1.165) is 51.1 Å². The molecule has 1 aromatic heterocycles. The molecule has 1 saturated heterocycles. The van der Waals surface area contributed by atoms with E-state index in [1.807, 2.05) is 4.90 Å². The van der Waals surface area contributed by atoms with Gasteiger partial charge in [-0.3, -0.25) is 9.69 Å². The molecule has 1 fully saturated rings. The summed E-state index contributed by atoms with van der Waals surface area (Å²) in [7, 11) is 1.69. The van der Waals surface area contributed by atoms with Gasteiger partial charge in [-0.25, -0.2) is 4.68 Å². The van der Waals surface area contributed by atoms with Crippen LogP contribution < -0.4 is 0 Å². The first kappa shape index (κ1) is 19.0. The topological polar surface area (TPSA) is 76.4 Å². The molecule has 150 valence electrons. The Labute approximate surface area is 165 Å². The maximum atomic E-state index is 12.9. The van der Waals surface area contributed by atoms with Gasteiger partial charge in [0, 0.05) is 26.7 Å². The number of amides is 1. The summed E-state index contributed by atoms with van der Waals surface area (Å²) in [6, 6.07) is 8.72. The van der Waals surface area contributed by atoms with Gasteiger partial charge in [-0.05, 0) is 47.2 Å². The van der Waals surface area contributed by atoms with Crippen molar-refractivity contribution < 1.29 is 9.53 Å². The van der Waals surface area contributed by atoms with Gasteiger partial charge in [0.25, 0.3) is 0 Å². The molecule has 1 aromatic carbocycles. The van der Waals surface area contributed by atoms with Crippen molar-refractivity contribution in [3.05, 3.63) is 41.2 Å². The number of hydrogen-bond acceptors (Lipinski definition) is 6. The van der Waals surface area contributed by atoms with Crippen LogP contribution in [0, 0.1) is 0 Å². The van der Waals surface area contributed by atoms with E-state index in [-0.39, 0.29) is 18.5 Å². The Balaban J connectivity index is 1.40. The number of fused-ring (bicyclic) bond motifs is 1. The molecule has 1 unspecified atom stereocenters. The van der Waals surface area contributed by atoms with Crippen LogP contribution in [0.2, 0.25) is 0 Å². The minimum Gasteiger partial charge on any atom is -0.383 e. The first-order valence-electron chi connectivity index (χ1n) is 10.1. The Morgan fingerprint density at radius 1 is 1.21 bits per heavy atom. The predicted molar refractivity (Wildman–Crippen MR) is 103 cm³/mol. The molecule has 0 bridgehead atoms. The van der Waals surface area contributed by atoms with Crippen molar-refractivity contribution in [2.75, 3.05) is 26.8 Å². The van der Waals surface area contributed by atoms with Gasteiger partial charge in [0.1, 0.15) is 6.54 Å². The van der Waals surface area contributed by atoms with Crippen molar-refractivity contribution >= 4 is 5.91 Å². The van der Waals surface area contributed by atoms with Crippen molar-refractivity contribution in [3.8, 4) is 0 Å². The first-order chi connectivity index (χ1) is 13.7. The number of carbonyl (C=O) groups is 1. The highest BCUT2D eigenvalue weighted by molar-refractivity contribution is 5.76. The zero-order valence-electron chi connectivity index (χ0n) is 16.5. The fourth-order valence-corrected chi connectivity index (χ4v) is 4.26. The van der Waals surface area contributed by atoms with E-state index >= 15 is 0 Å². The van der Waals surface area contributed by atoms with Crippen LogP contribution in [0.5, 0.6) is 0 Å². The molecule has 28 heavy (non-hydrogen) atoms. The lowest BCUT2D eigenvalue weighted by atomic mass is 10.00. The van der Waals surface area contributed by atoms with Crippen LogP contribution in [0.4, 0.5) is 0 Å². The van der Waals surface area contributed by atoms with E-state index in [4.69, 9.17) is 4.74 Å². The van der Waals surface area contributed by atoms with Gasteiger partial charge < -0.3 is 9.64 Å². The lowest BCUT2D eigenvalue weighted by Gasteiger charge is -2.35. The third-order valence-electron chi connectivity index (χ3n) is 5.77. The molecule has 0 spiro atoms. The highest BCUT2D eigenvalue weighted by Gasteiger charge is 2.28. The molecule has 8 nitrogen and oxygen atoms in total. The fraction of sp³-hybridized carbons (Fsp3) is 0.600. The van der Waals surface area contributed by atoms with Crippen LogP contribution in [0.25, 0.3) is 0 Å². The summed E-state index contributed by atoms with van der Waals surface area (Å²) in [5, 5.41) is 12.1. The molecule has 1 amide bonds. The van der Waals surface area contributed by atoms with Crippen LogP contribution in [0.3, 0.4) is 0 Å². The molecule has 8 heteroatoms. The molecule has 0 radical (unpaired) electrons. The molecule has 0 saturated carbocycles. The summed E-state index contributed by atoms with van der Waals surface area (Å²) in [6.07, 6.45) is 4.21. The molecule has 0 N–H and O–H groups in total. The minimum absolute atomic E-state index is 0.0688. The van der Waals surface area contributed by atoms with Gasteiger partial charge >= 0.3 is 0 Å². The average molecular weight is 384 g/mol. The van der Waals surface area contributed by atoms with Gasteiger partial charge in [-0.2, -0.15) is 0 Å². The van der Waals surface area contributed by atoms with Crippen LogP contribution >= 0.6 is 0 Å². The zero-order valence-corrected chi connectivity index (χ0v) is 16.5. The molecular formula is C20H28N6O2. The van der Waals surface area contributed by atoms with Crippen molar-refractivity contribution in [1.82, 2.24) is 30.0 Å². The standard InChI is InChI=1S/C20H28N6O2/c1-28-15-18-8-4-5-10-25(18)20(27)14-26-19(21-22-23-26)13-24-11-9-16-6-2-3-7-17(16)12-24/h2-3,6-7,18H,4-5,8-15H2,1H3. The third-order valence-corrected chi connectivity index (χ3v) is 5.77. The van der Waals surface area contributed by atoms with Crippen LogP contribution in [-0.2, 0) is 35.6 Å². The second-order valence-electron chi connectivity index (χ2n) is 7.67. The summed E-state index contributed by atoms with van der Waals surface area (Å²) in [5.74, 6) is 0.812. The lowest BCUT2D eigenvalue weighted by Crippen LogP contribution is -2.47. The molecule has 2 aliphatic rings. The number of hydrogen-bond donors (Lipinski definition) is 0. The molecule has 2 aromatic rings. The van der Waals surface area contributed by atoms with E-state index in [2.05, 4.69) is 44.7 Å². The molecule has 0 aliphatic carbocycles. The van der Waals surface area contributed by atoms with E-state index in [1.165, 1.54) is 11.1 Å². The smallest absolute Gasteiger partial charge is 0.244 e. The summed E-state index contributed by atoms with van der Waals surface area (Å²) < 4.78 is 6.96. The SMILES string of the molecule is COCC1CCCCN1C(=O)Cn1nnnc1CN1CCc2ccccc2C1. The van der Waals surface area contributed by atoms with Crippen molar-refractivity contribution in [2.45, 2.75) is 51.4 Å². The number of nitrogens with zero attached hydrogens (tertiary/aromatic N) is 6. The van der Waals surface area contributed by atoms with Gasteiger partial charge in [0.05, 0.1) is 19.2 Å². The van der Waals surface area contributed by atoms with Crippen LogP contribution in [0.15, 0.2) is 24.3 Å². The van der Waals surface area contributed by atoms with Gasteiger partial charge in [-0.1, -0.05) is 24.3 Å². The van der Waals surface area contributed by atoms with Gasteiger partial charge in [0.15, 0.2) is 5.82 Å². The summed E-state index contributed by atoms with van der Waals surface area (Å²) >= 11 is 0. The van der Waals surface area contributed by atoms with Crippen LogP contribution in [-0.4, -0.2) is 68.8 Å². The average Bonchev–Trinajstić information content (AvgIpc) is 3.15. The van der Waals surface area contributed by atoms with E-state index in [9.17, 15) is 4.79 Å². The number of ether oxygens (including phenoxy) is 1. The second-order valence-corrected chi connectivity index (χ2v) is 7.67. The Bertz CT molecular complexity index is 805. The molecule has 3 heterocycles. The quantitative estimate of drug-likeness (QED) is 0.746. The molecule has 2 aliphatic heterocycles. The summed E-state index contributed by atoms with van der Waals surface area (Å²) in [4.78, 5) is 17.2. The fourth-order valence-electron chi connectivity index (χ4n) is 4.26. The Morgan fingerprint density at radius 2 is 2.07 bits per heavy atom. The number of benzene rings is 1. The number of rotatable bonds is 6. The number of piperidine rings is 1. The normalized spacial score (nSPS) is 20.2. The van der Waals surface area contributed by atoms with E-state index in [0.29, 0.717) is 13.2 Å². The maximum Gasteiger partial charge on any atom is 0.244 e. The Kier molecular flexibility index (Phi) is 5.97. The monoisotopic (exact) mass is 384 g/mol.